The van der Waals surface area contributed by atoms with Crippen LogP contribution >= 0.6 is 11.3 Å². The van der Waals surface area contributed by atoms with Gasteiger partial charge in [-0.2, -0.15) is 0 Å². The van der Waals surface area contributed by atoms with E-state index in [4.69, 9.17) is 0 Å². The van der Waals surface area contributed by atoms with Crippen molar-refractivity contribution in [2.24, 2.45) is 0 Å². The number of H-pyrrole nitrogens is 1. The standard InChI is InChI=1S/C21H19N7O3S/c29-19(25-20-24-18(26-27-20)15-6-8-22-9-7-15)17(10-14-4-2-1-3-5-14)28(21(30)31)11-16-12-32-13-23-16/h1-9,12-13,17H,10-11H2,(H,30,31)(H2,24,25,26,27,29). The molecule has 0 saturated carbocycles. The molecule has 0 saturated heterocycles. The first-order chi connectivity index (χ1) is 15.6. The Kier molecular flexibility index (Phi) is 6.46. The molecular weight excluding hydrogens is 430 g/mol. The van der Waals surface area contributed by atoms with Crippen molar-refractivity contribution in [3.63, 3.8) is 0 Å². The third-order valence-electron chi connectivity index (χ3n) is 4.69. The van der Waals surface area contributed by atoms with Gasteiger partial charge in [0.15, 0.2) is 5.82 Å². The first kappa shape index (κ1) is 21.1. The SMILES string of the molecule is O=C(Nc1nnc(-c2ccncc2)[nH]1)C(Cc1ccccc1)N(Cc1cscn1)C(=O)O. The highest BCUT2D eigenvalue weighted by Crippen LogP contribution is 2.18. The molecule has 0 fully saturated rings. The van der Waals surface area contributed by atoms with E-state index in [1.54, 1.807) is 35.4 Å². The van der Waals surface area contributed by atoms with Crippen molar-refractivity contribution < 1.29 is 14.7 Å². The number of nitrogens with zero attached hydrogens (tertiary/aromatic N) is 5. The van der Waals surface area contributed by atoms with Gasteiger partial charge in [-0.05, 0) is 17.7 Å². The molecular formula is C21H19N7O3S. The van der Waals surface area contributed by atoms with Gasteiger partial charge in [-0.15, -0.1) is 21.5 Å². The normalized spacial score (nSPS) is 11.6. The van der Waals surface area contributed by atoms with E-state index in [2.05, 4.69) is 30.5 Å². The third kappa shape index (κ3) is 5.13. The van der Waals surface area contributed by atoms with Crippen molar-refractivity contribution in [1.82, 2.24) is 30.0 Å². The second kappa shape index (κ2) is 9.79. The molecule has 3 heterocycles. The second-order valence-electron chi connectivity index (χ2n) is 6.84. The molecule has 2 amide bonds. The summed E-state index contributed by atoms with van der Waals surface area (Å²) >= 11 is 1.36. The van der Waals surface area contributed by atoms with Gasteiger partial charge >= 0.3 is 6.09 Å². The van der Waals surface area contributed by atoms with Crippen molar-refractivity contribution >= 4 is 29.3 Å². The van der Waals surface area contributed by atoms with Crippen molar-refractivity contribution in [2.45, 2.75) is 19.0 Å². The van der Waals surface area contributed by atoms with E-state index in [0.29, 0.717) is 11.5 Å². The molecule has 0 bridgehead atoms. The van der Waals surface area contributed by atoms with Crippen LogP contribution in [0.5, 0.6) is 0 Å². The smallest absolute Gasteiger partial charge is 0.408 e. The van der Waals surface area contributed by atoms with E-state index >= 15 is 0 Å². The van der Waals surface area contributed by atoms with E-state index in [1.807, 2.05) is 30.3 Å². The lowest BCUT2D eigenvalue weighted by atomic mass is 10.0. The topological polar surface area (TPSA) is 137 Å². The Balaban J connectivity index is 1.57. The van der Waals surface area contributed by atoms with Crippen LogP contribution in [-0.4, -0.2) is 53.2 Å². The zero-order valence-electron chi connectivity index (χ0n) is 16.8. The highest BCUT2D eigenvalue weighted by atomic mass is 32.1. The lowest BCUT2D eigenvalue weighted by molar-refractivity contribution is -0.121. The summed E-state index contributed by atoms with van der Waals surface area (Å²) in [7, 11) is 0. The summed E-state index contributed by atoms with van der Waals surface area (Å²) in [5, 5.41) is 22.3. The number of carbonyl (C=O) groups is 2. The molecule has 0 radical (unpaired) electrons. The summed E-state index contributed by atoms with van der Waals surface area (Å²) in [6, 6.07) is 11.7. The number of rotatable bonds is 8. The Morgan fingerprint density at radius 3 is 2.59 bits per heavy atom. The Labute approximate surface area is 187 Å². The molecule has 1 atom stereocenters. The van der Waals surface area contributed by atoms with Crippen LogP contribution in [0.3, 0.4) is 0 Å². The molecule has 1 aromatic carbocycles. The number of hydrogen-bond donors (Lipinski definition) is 3. The quantitative estimate of drug-likeness (QED) is 0.376. The molecule has 0 aliphatic rings. The molecule has 4 aromatic rings. The maximum Gasteiger partial charge on any atom is 0.408 e. The first-order valence-electron chi connectivity index (χ1n) is 9.64. The van der Waals surface area contributed by atoms with Crippen LogP contribution in [0.2, 0.25) is 0 Å². The van der Waals surface area contributed by atoms with Crippen molar-refractivity contribution in [2.75, 3.05) is 5.32 Å². The fourth-order valence-electron chi connectivity index (χ4n) is 3.14. The number of aromatic amines is 1. The number of nitrogens with one attached hydrogen (secondary N) is 2. The number of carboxylic acid groups (broad SMARTS) is 1. The minimum absolute atomic E-state index is 0.0115. The fraction of sp³-hybridized carbons (Fsp3) is 0.143. The highest BCUT2D eigenvalue weighted by Gasteiger charge is 2.31. The summed E-state index contributed by atoms with van der Waals surface area (Å²) in [5.74, 6) is 0.0580. The number of hydrogen-bond acceptors (Lipinski definition) is 7. The maximum absolute atomic E-state index is 13.2. The summed E-state index contributed by atoms with van der Waals surface area (Å²) < 4.78 is 0. The minimum Gasteiger partial charge on any atom is -0.465 e. The molecule has 162 valence electrons. The minimum atomic E-state index is -1.22. The van der Waals surface area contributed by atoms with Gasteiger partial charge in [-0.1, -0.05) is 30.3 Å². The van der Waals surface area contributed by atoms with E-state index in [-0.39, 0.29) is 18.9 Å². The lowest BCUT2D eigenvalue weighted by Gasteiger charge is -2.27. The zero-order chi connectivity index (χ0) is 22.3. The molecule has 3 N–H and O–H groups in total. The van der Waals surface area contributed by atoms with Gasteiger partial charge in [0.05, 0.1) is 17.7 Å². The number of anilines is 1. The van der Waals surface area contributed by atoms with E-state index in [0.717, 1.165) is 16.0 Å². The van der Waals surface area contributed by atoms with Gasteiger partial charge in [-0.25, -0.2) is 9.78 Å². The fourth-order valence-corrected chi connectivity index (χ4v) is 3.69. The summed E-state index contributed by atoms with van der Waals surface area (Å²) in [5.41, 5.74) is 3.77. The number of benzene rings is 1. The van der Waals surface area contributed by atoms with Gasteiger partial charge in [-0.3, -0.25) is 20.0 Å². The molecule has 3 aromatic heterocycles. The van der Waals surface area contributed by atoms with Gasteiger partial charge in [0.2, 0.25) is 11.9 Å². The van der Waals surface area contributed by atoms with Crippen LogP contribution in [0.25, 0.3) is 11.4 Å². The van der Waals surface area contributed by atoms with Crippen molar-refractivity contribution in [3.8, 4) is 11.4 Å². The Hall–Kier alpha value is -4.12. The lowest BCUT2D eigenvalue weighted by Crippen LogP contribution is -2.48. The largest absolute Gasteiger partial charge is 0.465 e. The second-order valence-corrected chi connectivity index (χ2v) is 7.56. The van der Waals surface area contributed by atoms with Gasteiger partial charge in [0.1, 0.15) is 6.04 Å². The van der Waals surface area contributed by atoms with Gasteiger partial charge in [0.25, 0.3) is 0 Å². The van der Waals surface area contributed by atoms with Crippen molar-refractivity contribution in [1.29, 1.82) is 0 Å². The Morgan fingerprint density at radius 2 is 1.91 bits per heavy atom. The number of carbonyl (C=O) groups excluding carboxylic acids is 1. The number of aromatic nitrogens is 5. The third-order valence-corrected chi connectivity index (χ3v) is 5.33. The van der Waals surface area contributed by atoms with Gasteiger partial charge in [0, 0.05) is 29.8 Å². The first-order valence-corrected chi connectivity index (χ1v) is 10.6. The average Bonchev–Trinajstić information content (AvgIpc) is 3.49. The summed E-state index contributed by atoms with van der Waals surface area (Å²) in [6.45, 7) is -0.0115. The van der Waals surface area contributed by atoms with E-state index in [1.165, 1.54) is 11.3 Å². The molecule has 0 aliphatic heterocycles. The number of pyridine rings is 1. The van der Waals surface area contributed by atoms with Crippen molar-refractivity contribution in [3.05, 3.63) is 77.0 Å². The van der Waals surface area contributed by atoms with Gasteiger partial charge < -0.3 is 10.1 Å². The molecule has 1 unspecified atom stereocenters. The average molecular weight is 449 g/mol. The molecule has 10 nitrogen and oxygen atoms in total. The summed E-state index contributed by atoms with van der Waals surface area (Å²) in [4.78, 5) is 37.4. The van der Waals surface area contributed by atoms with Crippen LogP contribution in [0.4, 0.5) is 10.7 Å². The van der Waals surface area contributed by atoms with Crippen LogP contribution in [-0.2, 0) is 17.8 Å². The predicted molar refractivity (Wildman–Crippen MR) is 118 cm³/mol. The van der Waals surface area contributed by atoms with Crippen LogP contribution < -0.4 is 5.32 Å². The predicted octanol–water partition coefficient (Wildman–Crippen LogP) is 3.05. The monoisotopic (exact) mass is 449 g/mol. The van der Waals surface area contributed by atoms with Crippen LogP contribution in [0.1, 0.15) is 11.3 Å². The zero-order valence-corrected chi connectivity index (χ0v) is 17.6. The van der Waals surface area contributed by atoms with Crippen LogP contribution in [0, 0.1) is 0 Å². The highest BCUT2D eigenvalue weighted by molar-refractivity contribution is 7.07. The van der Waals surface area contributed by atoms with E-state index < -0.39 is 18.0 Å². The maximum atomic E-state index is 13.2. The molecule has 11 heteroatoms. The summed E-state index contributed by atoms with van der Waals surface area (Å²) in [6.07, 6.45) is 2.21. The number of thiazole rings is 1. The number of amides is 2. The Bertz CT molecular complexity index is 1170. The van der Waals surface area contributed by atoms with Crippen LogP contribution in [0.15, 0.2) is 65.7 Å². The Morgan fingerprint density at radius 1 is 1.12 bits per heavy atom. The molecule has 0 aliphatic carbocycles. The molecule has 0 spiro atoms. The van der Waals surface area contributed by atoms with E-state index in [9.17, 15) is 14.7 Å². The molecule has 32 heavy (non-hydrogen) atoms. The molecule has 4 rings (SSSR count).